The van der Waals surface area contributed by atoms with Gasteiger partial charge in [0.2, 0.25) is 11.8 Å². The first-order valence-corrected chi connectivity index (χ1v) is 12.5. The quantitative estimate of drug-likeness (QED) is 0.243. The first-order chi connectivity index (χ1) is 13.8. The standard InChI is InChI=1S/C20H36N2O6S2/c1-19(2,3)27-17(25)13-21-15(23)9-7-11-29-30-12-8-10-16(24)22-14-18(26)28-20(4,5)6/h7-14H2,1-6H3,(H,21,23)(H,22,24). The fourth-order valence-corrected chi connectivity index (χ4v) is 4.15. The summed E-state index contributed by atoms with van der Waals surface area (Å²) in [5.74, 6) is 0.359. The Kier molecular flexibility index (Phi) is 13.9. The first kappa shape index (κ1) is 28.6. The largest absolute Gasteiger partial charge is 0.459 e. The summed E-state index contributed by atoms with van der Waals surface area (Å²) in [6, 6.07) is 0. The highest BCUT2D eigenvalue weighted by Gasteiger charge is 2.17. The topological polar surface area (TPSA) is 111 Å². The van der Waals surface area contributed by atoms with E-state index < -0.39 is 23.1 Å². The molecule has 0 aliphatic rings. The number of hydrogen-bond acceptors (Lipinski definition) is 8. The van der Waals surface area contributed by atoms with Gasteiger partial charge in [0.05, 0.1) is 0 Å². The fraction of sp³-hybridized carbons (Fsp3) is 0.800. The fourth-order valence-electron chi connectivity index (χ4n) is 1.97. The van der Waals surface area contributed by atoms with Crippen LogP contribution in [0.15, 0.2) is 0 Å². The van der Waals surface area contributed by atoms with Gasteiger partial charge in [-0.05, 0) is 54.4 Å². The number of rotatable bonds is 13. The third-order valence-corrected chi connectivity index (χ3v) is 5.62. The van der Waals surface area contributed by atoms with Crippen LogP contribution in [0.3, 0.4) is 0 Å². The summed E-state index contributed by atoms with van der Waals surface area (Å²) in [6.45, 7) is 10.4. The van der Waals surface area contributed by atoms with Crippen LogP contribution in [0.4, 0.5) is 0 Å². The Balaban J connectivity index is 3.59. The van der Waals surface area contributed by atoms with E-state index in [1.165, 1.54) is 0 Å². The van der Waals surface area contributed by atoms with Crippen LogP contribution in [0.2, 0.25) is 0 Å². The molecule has 0 aliphatic heterocycles. The van der Waals surface area contributed by atoms with Crippen LogP contribution in [-0.2, 0) is 28.7 Å². The Hall–Kier alpha value is -1.42. The average Bonchev–Trinajstić information content (AvgIpc) is 2.57. The van der Waals surface area contributed by atoms with E-state index in [0.29, 0.717) is 25.7 Å². The molecule has 174 valence electrons. The number of carbonyl (C=O) groups excluding carboxylic acids is 4. The van der Waals surface area contributed by atoms with Crippen molar-refractivity contribution in [1.82, 2.24) is 10.6 Å². The van der Waals surface area contributed by atoms with Crippen molar-refractivity contribution in [3.63, 3.8) is 0 Å². The number of carbonyl (C=O) groups is 4. The zero-order valence-corrected chi connectivity index (χ0v) is 20.6. The van der Waals surface area contributed by atoms with Crippen LogP contribution in [-0.4, -0.2) is 59.6 Å². The lowest BCUT2D eigenvalue weighted by molar-refractivity contribution is -0.155. The normalized spacial score (nSPS) is 11.5. The van der Waals surface area contributed by atoms with Gasteiger partial charge in [-0.15, -0.1) is 0 Å². The molecule has 0 atom stereocenters. The molecule has 0 aromatic heterocycles. The van der Waals surface area contributed by atoms with E-state index in [1.54, 1.807) is 63.1 Å². The van der Waals surface area contributed by atoms with Gasteiger partial charge in [-0.1, -0.05) is 21.6 Å². The second-order valence-corrected chi connectivity index (χ2v) is 11.3. The second-order valence-electron chi connectivity index (χ2n) is 8.58. The van der Waals surface area contributed by atoms with Gasteiger partial charge in [0.25, 0.3) is 0 Å². The minimum Gasteiger partial charge on any atom is -0.459 e. The van der Waals surface area contributed by atoms with Crippen LogP contribution < -0.4 is 10.6 Å². The van der Waals surface area contributed by atoms with Crippen LogP contribution in [0.25, 0.3) is 0 Å². The zero-order valence-electron chi connectivity index (χ0n) is 18.9. The predicted molar refractivity (Wildman–Crippen MR) is 121 cm³/mol. The van der Waals surface area contributed by atoms with E-state index in [4.69, 9.17) is 9.47 Å². The Bertz CT molecular complexity index is 521. The molecule has 2 N–H and O–H groups in total. The van der Waals surface area contributed by atoms with Crippen LogP contribution in [0.5, 0.6) is 0 Å². The maximum atomic E-state index is 11.7. The SMILES string of the molecule is CC(C)(C)OC(=O)CNC(=O)CCCSSCCCC(=O)NCC(=O)OC(C)(C)C. The summed E-state index contributed by atoms with van der Waals surface area (Å²) < 4.78 is 10.2. The summed E-state index contributed by atoms with van der Waals surface area (Å²) in [5, 5.41) is 5.11. The van der Waals surface area contributed by atoms with Crippen molar-refractivity contribution in [3.05, 3.63) is 0 Å². The number of esters is 2. The first-order valence-electron chi connectivity index (χ1n) is 10.00. The third-order valence-electron chi connectivity index (χ3n) is 3.05. The summed E-state index contributed by atoms with van der Waals surface area (Å²) >= 11 is 0. The van der Waals surface area contributed by atoms with Gasteiger partial charge < -0.3 is 20.1 Å². The van der Waals surface area contributed by atoms with Crippen molar-refractivity contribution in [2.24, 2.45) is 0 Å². The monoisotopic (exact) mass is 464 g/mol. The van der Waals surface area contributed by atoms with E-state index >= 15 is 0 Å². The molecule has 30 heavy (non-hydrogen) atoms. The highest BCUT2D eigenvalue weighted by Crippen LogP contribution is 2.23. The van der Waals surface area contributed by atoms with Gasteiger partial charge in [0, 0.05) is 24.3 Å². The van der Waals surface area contributed by atoms with E-state index in [0.717, 1.165) is 11.5 Å². The predicted octanol–water partition coefficient (Wildman–Crippen LogP) is 2.84. The molecular formula is C20H36N2O6S2. The molecule has 0 saturated heterocycles. The van der Waals surface area contributed by atoms with Crippen molar-refractivity contribution in [3.8, 4) is 0 Å². The molecule has 0 bridgehead atoms. The number of ether oxygens (including phenoxy) is 2. The summed E-state index contributed by atoms with van der Waals surface area (Å²) in [6.07, 6.45) is 2.11. The van der Waals surface area contributed by atoms with Crippen LogP contribution >= 0.6 is 21.6 Å². The molecule has 0 aromatic carbocycles. The molecule has 0 rings (SSSR count). The lowest BCUT2D eigenvalue weighted by Crippen LogP contribution is -2.34. The van der Waals surface area contributed by atoms with Gasteiger partial charge in [0.1, 0.15) is 24.3 Å². The molecule has 8 nitrogen and oxygen atoms in total. The van der Waals surface area contributed by atoms with E-state index in [2.05, 4.69) is 10.6 Å². The Morgan fingerprint density at radius 1 is 0.667 bits per heavy atom. The number of hydrogen-bond donors (Lipinski definition) is 2. The van der Waals surface area contributed by atoms with Crippen molar-refractivity contribution in [2.75, 3.05) is 24.6 Å². The number of amides is 2. The molecule has 10 heteroatoms. The van der Waals surface area contributed by atoms with E-state index in [-0.39, 0.29) is 24.9 Å². The summed E-state index contributed by atoms with van der Waals surface area (Å²) in [4.78, 5) is 46.4. The molecule has 0 fully saturated rings. The maximum Gasteiger partial charge on any atom is 0.325 e. The minimum atomic E-state index is -0.561. The van der Waals surface area contributed by atoms with Gasteiger partial charge in [0.15, 0.2) is 0 Å². The van der Waals surface area contributed by atoms with Crippen molar-refractivity contribution < 1.29 is 28.7 Å². The van der Waals surface area contributed by atoms with Gasteiger partial charge in [-0.25, -0.2) is 0 Å². The molecule has 2 amide bonds. The summed E-state index contributed by atoms with van der Waals surface area (Å²) in [5.41, 5.74) is -1.12. The smallest absolute Gasteiger partial charge is 0.325 e. The molecule has 0 heterocycles. The van der Waals surface area contributed by atoms with Crippen molar-refractivity contribution in [1.29, 1.82) is 0 Å². The van der Waals surface area contributed by atoms with E-state index in [9.17, 15) is 19.2 Å². The second kappa shape index (κ2) is 14.6. The highest BCUT2D eigenvalue weighted by atomic mass is 33.1. The molecule has 0 aromatic rings. The highest BCUT2D eigenvalue weighted by molar-refractivity contribution is 8.76. The number of nitrogens with one attached hydrogen (secondary N) is 2. The van der Waals surface area contributed by atoms with Crippen molar-refractivity contribution >= 4 is 45.3 Å². The minimum absolute atomic E-state index is 0.117. The molecule has 0 aliphatic carbocycles. The molecule has 0 radical (unpaired) electrons. The average molecular weight is 465 g/mol. The van der Waals surface area contributed by atoms with Gasteiger partial charge in [-0.2, -0.15) is 0 Å². The molecule has 0 unspecified atom stereocenters. The van der Waals surface area contributed by atoms with Crippen LogP contribution in [0.1, 0.15) is 67.2 Å². The van der Waals surface area contributed by atoms with Gasteiger partial charge >= 0.3 is 11.9 Å². The van der Waals surface area contributed by atoms with Gasteiger partial charge in [-0.3, -0.25) is 19.2 Å². The Morgan fingerprint density at radius 2 is 1.00 bits per heavy atom. The molecular weight excluding hydrogens is 428 g/mol. The Labute approximate surface area is 187 Å². The third kappa shape index (κ3) is 19.9. The lowest BCUT2D eigenvalue weighted by Gasteiger charge is -2.19. The van der Waals surface area contributed by atoms with E-state index in [1.807, 2.05) is 0 Å². The van der Waals surface area contributed by atoms with Crippen molar-refractivity contribution in [2.45, 2.75) is 78.4 Å². The Morgan fingerprint density at radius 3 is 1.30 bits per heavy atom. The zero-order chi connectivity index (χ0) is 23.2. The maximum absolute atomic E-state index is 11.7. The molecule has 0 spiro atoms. The lowest BCUT2D eigenvalue weighted by atomic mass is 10.2. The molecule has 0 saturated carbocycles. The van der Waals surface area contributed by atoms with Crippen LogP contribution in [0, 0.1) is 0 Å². The summed E-state index contributed by atoms with van der Waals surface area (Å²) in [7, 11) is 3.29.